The summed E-state index contributed by atoms with van der Waals surface area (Å²) in [6.45, 7) is 0.0925. The zero-order valence-electron chi connectivity index (χ0n) is 8.13. The molecule has 4 nitrogen and oxygen atoms in total. The topological polar surface area (TPSA) is 58.7 Å². The van der Waals surface area contributed by atoms with Crippen LogP contribution in [0.3, 0.4) is 0 Å². The second kappa shape index (κ2) is 3.96. The summed E-state index contributed by atoms with van der Waals surface area (Å²) in [5.74, 6) is -0.399. The molecule has 0 bridgehead atoms. The summed E-state index contributed by atoms with van der Waals surface area (Å²) in [6, 6.07) is 7.72. The van der Waals surface area contributed by atoms with Gasteiger partial charge in [0.25, 0.3) is 0 Å². The molecule has 0 saturated heterocycles. The van der Waals surface area contributed by atoms with Gasteiger partial charge in [0.1, 0.15) is 6.54 Å². The maximum Gasteiger partial charge on any atom is 0.239 e. The molecule has 0 aliphatic carbocycles. The molecule has 2 rings (SSSR count). The first-order valence-electron chi connectivity index (χ1n) is 4.63. The number of primary amides is 1. The van der Waals surface area contributed by atoms with Crippen LogP contribution in [0.15, 0.2) is 35.4 Å². The summed E-state index contributed by atoms with van der Waals surface area (Å²) in [7, 11) is 0. The molecule has 1 aromatic rings. The molecule has 0 fully saturated rings. The van der Waals surface area contributed by atoms with Gasteiger partial charge in [-0.05, 0) is 17.7 Å². The van der Waals surface area contributed by atoms with Gasteiger partial charge < -0.3 is 5.73 Å². The van der Waals surface area contributed by atoms with Crippen LogP contribution in [-0.2, 0) is 4.79 Å². The van der Waals surface area contributed by atoms with E-state index in [2.05, 4.69) is 5.10 Å². The van der Waals surface area contributed by atoms with Gasteiger partial charge in [-0.2, -0.15) is 5.10 Å². The number of hydrogen-bond acceptors (Lipinski definition) is 3. The fourth-order valence-electron chi connectivity index (χ4n) is 1.46. The molecule has 0 radical (unpaired) electrons. The molecule has 2 N–H and O–H groups in total. The molecule has 0 spiro atoms. The number of allylic oxidation sites excluding steroid dienone is 1. The average Bonchev–Trinajstić information content (AvgIpc) is 2.41. The average molecular weight is 201 g/mol. The number of rotatable bonds is 2. The Kier molecular flexibility index (Phi) is 2.49. The van der Waals surface area contributed by atoms with Crippen LogP contribution in [-0.4, -0.2) is 18.7 Å². The molecule has 1 amide bonds. The van der Waals surface area contributed by atoms with Crippen LogP contribution in [0.25, 0.3) is 6.08 Å². The van der Waals surface area contributed by atoms with Gasteiger partial charge in [-0.15, -0.1) is 0 Å². The van der Waals surface area contributed by atoms with Crippen LogP contribution in [0.2, 0.25) is 0 Å². The fourth-order valence-corrected chi connectivity index (χ4v) is 1.46. The zero-order valence-corrected chi connectivity index (χ0v) is 8.13. The Bertz CT molecular complexity index is 437. The summed E-state index contributed by atoms with van der Waals surface area (Å²) in [5, 5.41) is 5.72. The molecular weight excluding hydrogens is 190 g/mol. The van der Waals surface area contributed by atoms with Crippen LogP contribution in [0, 0.1) is 0 Å². The van der Waals surface area contributed by atoms with E-state index < -0.39 is 5.91 Å². The lowest BCUT2D eigenvalue weighted by Crippen LogP contribution is -2.30. The number of nitrogens with zero attached hydrogens (tertiary/aromatic N) is 2. The van der Waals surface area contributed by atoms with Gasteiger partial charge in [0.05, 0.1) is 5.69 Å². The van der Waals surface area contributed by atoms with Crippen molar-refractivity contribution in [1.29, 1.82) is 0 Å². The molecule has 76 valence electrons. The zero-order chi connectivity index (χ0) is 10.7. The summed E-state index contributed by atoms with van der Waals surface area (Å²) >= 11 is 0. The normalized spacial score (nSPS) is 13.5. The first kappa shape index (κ1) is 9.45. The number of para-hydroxylation sites is 1. The van der Waals surface area contributed by atoms with Crippen molar-refractivity contribution in [3.8, 4) is 0 Å². The predicted molar refractivity (Wildman–Crippen MR) is 60.5 cm³/mol. The number of anilines is 1. The van der Waals surface area contributed by atoms with Crippen LogP contribution in [0.4, 0.5) is 5.69 Å². The van der Waals surface area contributed by atoms with Crippen LogP contribution < -0.4 is 10.7 Å². The number of carbonyl (C=O) groups excluding carboxylic acids is 1. The Morgan fingerprint density at radius 1 is 1.40 bits per heavy atom. The van der Waals surface area contributed by atoms with E-state index in [-0.39, 0.29) is 6.54 Å². The number of fused-ring (bicyclic) bond motifs is 1. The molecule has 1 heterocycles. The SMILES string of the molecule is NC(=O)CN1N=CC=Cc2ccccc21. The highest BCUT2D eigenvalue weighted by Gasteiger charge is 2.11. The number of benzene rings is 1. The molecule has 0 aromatic heterocycles. The van der Waals surface area contributed by atoms with E-state index in [1.807, 2.05) is 36.4 Å². The first-order chi connectivity index (χ1) is 7.27. The number of hydrazone groups is 1. The summed E-state index contributed by atoms with van der Waals surface area (Å²) in [6.07, 6.45) is 5.42. The fraction of sp³-hybridized carbons (Fsp3) is 0.0909. The van der Waals surface area contributed by atoms with Crippen molar-refractivity contribution in [2.24, 2.45) is 10.8 Å². The third kappa shape index (κ3) is 2.04. The van der Waals surface area contributed by atoms with E-state index in [9.17, 15) is 4.79 Å². The minimum atomic E-state index is -0.399. The third-order valence-corrected chi connectivity index (χ3v) is 2.09. The second-order valence-electron chi connectivity index (χ2n) is 3.21. The Labute approximate surface area is 87.7 Å². The number of carbonyl (C=O) groups is 1. The molecule has 0 saturated carbocycles. The highest BCUT2D eigenvalue weighted by atomic mass is 16.1. The van der Waals surface area contributed by atoms with Crippen LogP contribution in [0.5, 0.6) is 0 Å². The Morgan fingerprint density at radius 2 is 2.20 bits per heavy atom. The lowest BCUT2D eigenvalue weighted by atomic mass is 10.1. The molecular formula is C11H11N3O. The van der Waals surface area contributed by atoms with Gasteiger partial charge in [-0.25, -0.2) is 0 Å². The van der Waals surface area contributed by atoms with E-state index in [4.69, 9.17) is 5.73 Å². The highest BCUT2D eigenvalue weighted by molar-refractivity contribution is 5.87. The van der Waals surface area contributed by atoms with Gasteiger partial charge >= 0.3 is 0 Å². The standard InChI is InChI=1S/C11H11N3O/c12-11(15)8-14-10-6-2-1-4-9(10)5-3-7-13-14/h1-7H,8H2,(H2,12,15). The van der Waals surface area contributed by atoms with Crippen molar-refractivity contribution in [1.82, 2.24) is 0 Å². The van der Waals surface area contributed by atoms with E-state index in [1.165, 1.54) is 0 Å². The minimum absolute atomic E-state index is 0.0925. The van der Waals surface area contributed by atoms with E-state index >= 15 is 0 Å². The first-order valence-corrected chi connectivity index (χ1v) is 4.63. The molecule has 15 heavy (non-hydrogen) atoms. The Morgan fingerprint density at radius 3 is 3.00 bits per heavy atom. The van der Waals surface area contributed by atoms with Crippen LogP contribution >= 0.6 is 0 Å². The lowest BCUT2D eigenvalue weighted by Gasteiger charge is -2.17. The van der Waals surface area contributed by atoms with Gasteiger partial charge in [0.2, 0.25) is 5.91 Å². The lowest BCUT2D eigenvalue weighted by molar-refractivity contribution is -0.116. The van der Waals surface area contributed by atoms with E-state index in [0.29, 0.717) is 0 Å². The monoisotopic (exact) mass is 201 g/mol. The van der Waals surface area contributed by atoms with Gasteiger partial charge in [0, 0.05) is 6.21 Å². The largest absolute Gasteiger partial charge is 0.368 e. The van der Waals surface area contributed by atoms with Crippen molar-refractivity contribution < 1.29 is 4.79 Å². The van der Waals surface area contributed by atoms with Crippen molar-refractivity contribution in [3.63, 3.8) is 0 Å². The number of amides is 1. The van der Waals surface area contributed by atoms with Crippen molar-refractivity contribution in [3.05, 3.63) is 35.9 Å². The summed E-state index contributed by atoms with van der Waals surface area (Å²) in [5.41, 5.74) is 7.07. The van der Waals surface area contributed by atoms with Crippen molar-refractivity contribution >= 4 is 23.9 Å². The molecule has 4 heteroatoms. The van der Waals surface area contributed by atoms with Crippen LogP contribution in [0.1, 0.15) is 5.56 Å². The second-order valence-corrected chi connectivity index (χ2v) is 3.21. The maximum atomic E-state index is 10.9. The quantitative estimate of drug-likeness (QED) is 0.775. The molecule has 0 atom stereocenters. The Balaban J connectivity index is 2.39. The molecule has 1 aromatic carbocycles. The molecule has 0 unspecified atom stereocenters. The maximum absolute atomic E-state index is 10.9. The Hall–Kier alpha value is -2.10. The van der Waals surface area contributed by atoms with Gasteiger partial charge in [-0.1, -0.05) is 24.3 Å². The van der Waals surface area contributed by atoms with Crippen molar-refractivity contribution in [2.75, 3.05) is 11.6 Å². The summed E-state index contributed by atoms with van der Waals surface area (Å²) < 4.78 is 0. The predicted octanol–water partition coefficient (Wildman–Crippen LogP) is 0.991. The van der Waals surface area contributed by atoms with Gasteiger partial charge in [-0.3, -0.25) is 9.80 Å². The number of hydrogen-bond donors (Lipinski definition) is 1. The number of nitrogens with two attached hydrogens (primary N) is 1. The smallest absolute Gasteiger partial charge is 0.239 e. The minimum Gasteiger partial charge on any atom is -0.368 e. The highest BCUT2D eigenvalue weighted by Crippen LogP contribution is 2.23. The summed E-state index contributed by atoms with van der Waals surface area (Å²) in [4.78, 5) is 10.9. The van der Waals surface area contributed by atoms with Crippen molar-refractivity contribution in [2.45, 2.75) is 0 Å². The van der Waals surface area contributed by atoms with Gasteiger partial charge in [0.15, 0.2) is 0 Å². The van der Waals surface area contributed by atoms with E-state index in [1.54, 1.807) is 11.2 Å². The third-order valence-electron chi connectivity index (χ3n) is 2.09. The van der Waals surface area contributed by atoms with E-state index in [0.717, 1.165) is 11.3 Å². The molecule has 1 aliphatic heterocycles. The molecule has 1 aliphatic rings.